The molecule has 4 aromatic rings. The maximum atomic E-state index is 4.68. The van der Waals surface area contributed by atoms with E-state index >= 15 is 0 Å². The summed E-state index contributed by atoms with van der Waals surface area (Å²) in [7, 11) is 0. The Balaban J connectivity index is 1.74. The van der Waals surface area contributed by atoms with Gasteiger partial charge in [-0.2, -0.15) is 0 Å². The number of aromatic amines is 1. The molecule has 0 bridgehead atoms. The normalized spacial score (nSPS) is 11.0. The van der Waals surface area contributed by atoms with Crippen molar-refractivity contribution in [3.05, 3.63) is 66.5 Å². The minimum Gasteiger partial charge on any atom is -0.366 e. The Hall–Kier alpha value is -3.28. The first-order valence-corrected chi connectivity index (χ1v) is 8.75. The lowest BCUT2D eigenvalue weighted by Gasteiger charge is -2.11. The minimum absolute atomic E-state index is 0.665. The number of aromatic nitrogens is 5. The minimum atomic E-state index is 0.665. The van der Waals surface area contributed by atoms with Crippen LogP contribution in [0.4, 0.5) is 5.82 Å². The van der Waals surface area contributed by atoms with E-state index in [1.165, 1.54) is 0 Å². The third-order valence-corrected chi connectivity index (χ3v) is 4.29. The number of hydrogen-bond donors (Lipinski definition) is 2. The lowest BCUT2D eigenvalue weighted by Crippen LogP contribution is -2.03. The first kappa shape index (κ1) is 16.2. The molecule has 0 amide bonds. The quantitative estimate of drug-likeness (QED) is 0.553. The molecule has 4 rings (SSSR count). The summed E-state index contributed by atoms with van der Waals surface area (Å²) in [4.78, 5) is 20.8. The number of fused-ring (bicyclic) bond motifs is 1. The fraction of sp³-hybridized carbons (Fsp3) is 0.200. The van der Waals surface area contributed by atoms with Crippen molar-refractivity contribution in [2.24, 2.45) is 0 Å². The van der Waals surface area contributed by atoms with Gasteiger partial charge >= 0.3 is 0 Å². The van der Waals surface area contributed by atoms with Crippen LogP contribution in [0, 0.1) is 0 Å². The predicted molar refractivity (Wildman–Crippen MR) is 103 cm³/mol. The molecule has 0 fully saturated rings. The summed E-state index contributed by atoms with van der Waals surface area (Å²) < 4.78 is 0. The van der Waals surface area contributed by atoms with Gasteiger partial charge in [-0.1, -0.05) is 19.4 Å². The molecular weight excluding hydrogens is 324 g/mol. The molecule has 6 nitrogen and oxygen atoms in total. The Morgan fingerprint density at radius 3 is 2.96 bits per heavy atom. The van der Waals surface area contributed by atoms with E-state index in [9.17, 15) is 0 Å². The third kappa shape index (κ3) is 3.26. The van der Waals surface area contributed by atoms with Crippen molar-refractivity contribution in [2.45, 2.75) is 26.3 Å². The first-order chi connectivity index (χ1) is 12.8. The van der Waals surface area contributed by atoms with Gasteiger partial charge in [-0.15, -0.1) is 0 Å². The van der Waals surface area contributed by atoms with Gasteiger partial charge in [-0.25, -0.2) is 15.0 Å². The lowest BCUT2D eigenvalue weighted by molar-refractivity contribution is 0.904. The molecule has 0 aliphatic rings. The third-order valence-electron chi connectivity index (χ3n) is 4.29. The van der Waals surface area contributed by atoms with Crippen molar-refractivity contribution in [1.29, 1.82) is 0 Å². The fourth-order valence-corrected chi connectivity index (χ4v) is 3.07. The number of rotatable bonds is 6. The Kier molecular flexibility index (Phi) is 4.55. The van der Waals surface area contributed by atoms with Crippen molar-refractivity contribution < 1.29 is 0 Å². The van der Waals surface area contributed by atoms with Crippen molar-refractivity contribution in [2.75, 3.05) is 5.32 Å². The van der Waals surface area contributed by atoms with Crippen LogP contribution in [-0.2, 0) is 13.0 Å². The fourth-order valence-electron chi connectivity index (χ4n) is 3.07. The van der Waals surface area contributed by atoms with Crippen LogP contribution in [0.1, 0.15) is 24.5 Å². The summed E-state index contributed by atoms with van der Waals surface area (Å²) in [6.45, 7) is 2.83. The van der Waals surface area contributed by atoms with Crippen molar-refractivity contribution >= 4 is 16.9 Å². The van der Waals surface area contributed by atoms with Crippen LogP contribution in [0.5, 0.6) is 0 Å². The van der Waals surface area contributed by atoms with Gasteiger partial charge in [0.25, 0.3) is 0 Å². The zero-order valence-corrected chi connectivity index (χ0v) is 14.6. The number of anilines is 1. The Morgan fingerprint density at radius 2 is 2.12 bits per heavy atom. The van der Waals surface area contributed by atoms with Gasteiger partial charge in [0, 0.05) is 42.3 Å². The average molecular weight is 344 g/mol. The molecule has 26 heavy (non-hydrogen) atoms. The number of nitrogens with one attached hydrogen (secondary N) is 2. The van der Waals surface area contributed by atoms with Gasteiger partial charge < -0.3 is 10.3 Å². The summed E-state index contributed by atoms with van der Waals surface area (Å²) in [5.41, 5.74) is 5.14. The molecule has 4 heterocycles. The van der Waals surface area contributed by atoms with Gasteiger partial charge in [-0.05, 0) is 35.7 Å². The Labute approximate surface area is 151 Å². The second-order valence-corrected chi connectivity index (χ2v) is 6.16. The second-order valence-electron chi connectivity index (χ2n) is 6.16. The molecule has 2 N–H and O–H groups in total. The molecule has 0 aliphatic heterocycles. The molecule has 6 heteroatoms. The average Bonchev–Trinajstić information content (AvgIpc) is 3.16. The monoisotopic (exact) mass is 344 g/mol. The standard InChI is InChI=1S/C20H20N6/c1-2-4-15-12-22-13-25-19(15)17-9-18(26-20-16(17)6-8-23-20)24-11-14-5-3-7-21-10-14/h3,5-10,12-13H,2,4,11H2,1H3,(H2,23,24,26). The molecule has 0 aliphatic carbocycles. The van der Waals surface area contributed by atoms with E-state index in [0.29, 0.717) is 6.54 Å². The van der Waals surface area contributed by atoms with Crippen LogP contribution >= 0.6 is 0 Å². The topological polar surface area (TPSA) is 79.4 Å². The molecule has 0 atom stereocenters. The summed E-state index contributed by atoms with van der Waals surface area (Å²) in [5.74, 6) is 0.805. The highest BCUT2D eigenvalue weighted by Crippen LogP contribution is 2.31. The summed E-state index contributed by atoms with van der Waals surface area (Å²) in [6, 6.07) is 8.08. The smallest absolute Gasteiger partial charge is 0.140 e. The molecule has 0 radical (unpaired) electrons. The summed E-state index contributed by atoms with van der Waals surface area (Å²) in [6.07, 6.45) is 11.0. The van der Waals surface area contributed by atoms with Crippen LogP contribution in [0.2, 0.25) is 0 Å². The van der Waals surface area contributed by atoms with Crippen LogP contribution in [0.3, 0.4) is 0 Å². The highest BCUT2D eigenvalue weighted by atomic mass is 15.0. The number of pyridine rings is 2. The number of nitrogens with zero attached hydrogens (tertiary/aromatic N) is 4. The summed E-state index contributed by atoms with van der Waals surface area (Å²) in [5, 5.41) is 4.45. The molecule has 0 aromatic carbocycles. The van der Waals surface area contributed by atoms with Crippen LogP contribution in [0.15, 0.2) is 55.4 Å². The van der Waals surface area contributed by atoms with Gasteiger partial charge in [0.1, 0.15) is 17.8 Å². The SMILES string of the molecule is CCCc1cncnc1-c1cc(NCc2cccnc2)nc2[nH]ccc12. The molecule has 0 saturated carbocycles. The maximum Gasteiger partial charge on any atom is 0.140 e. The van der Waals surface area contributed by atoms with Crippen LogP contribution in [-0.4, -0.2) is 24.9 Å². The molecule has 4 aromatic heterocycles. The van der Waals surface area contributed by atoms with E-state index in [1.807, 2.05) is 36.8 Å². The highest BCUT2D eigenvalue weighted by molar-refractivity contribution is 5.94. The van der Waals surface area contributed by atoms with E-state index < -0.39 is 0 Å². The van der Waals surface area contributed by atoms with Crippen molar-refractivity contribution in [3.8, 4) is 11.3 Å². The molecular formula is C20H20N6. The van der Waals surface area contributed by atoms with E-state index in [4.69, 9.17) is 0 Å². The zero-order valence-electron chi connectivity index (χ0n) is 14.6. The van der Waals surface area contributed by atoms with Gasteiger partial charge in [-0.3, -0.25) is 4.98 Å². The van der Waals surface area contributed by atoms with Gasteiger partial charge in [0.05, 0.1) is 5.69 Å². The van der Waals surface area contributed by atoms with Gasteiger partial charge in [0.15, 0.2) is 0 Å². The molecule has 130 valence electrons. The zero-order chi connectivity index (χ0) is 17.8. The molecule has 0 spiro atoms. The predicted octanol–water partition coefficient (Wildman–Crippen LogP) is 3.98. The maximum absolute atomic E-state index is 4.68. The lowest BCUT2D eigenvalue weighted by atomic mass is 10.0. The van der Waals surface area contributed by atoms with E-state index in [-0.39, 0.29) is 0 Å². The van der Waals surface area contributed by atoms with E-state index in [1.54, 1.807) is 12.5 Å². The van der Waals surface area contributed by atoms with Crippen LogP contribution < -0.4 is 5.32 Å². The van der Waals surface area contributed by atoms with Crippen LogP contribution in [0.25, 0.3) is 22.3 Å². The number of aryl methyl sites for hydroxylation is 1. The number of H-pyrrole nitrogens is 1. The van der Waals surface area contributed by atoms with E-state index in [0.717, 1.165) is 52.1 Å². The molecule has 0 saturated heterocycles. The van der Waals surface area contributed by atoms with Crippen molar-refractivity contribution in [1.82, 2.24) is 24.9 Å². The summed E-state index contributed by atoms with van der Waals surface area (Å²) >= 11 is 0. The molecule has 0 unspecified atom stereocenters. The largest absolute Gasteiger partial charge is 0.366 e. The Morgan fingerprint density at radius 1 is 1.15 bits per heavy atom. The first-order valence-electron chi connectivity index (χ1n) is 8.75. The highest BCUT2D eigenvalue weighted by Gasteiger charge is 2.13. The Bertz CT molecular complexity index is 1010. The number of hydrogen-bond acceptors (Lipinski definition) is 5. The van der Waals surface area contributed by atoms with E-state index in [2.05, 4.69) is 43.2 Å². The van der Waals surface area contributed by atoms with Crippen molar-refractivity contribution in [3.63, 3.8) is 0 Å². The van der Waals surface area contributed by atoms with Gasteiger partial charge in [0.2, 0.25) is 0 Å². The second kappa shape index (κ2) is 7.31.